The van der Waals surface area contributed by atoms with Gasteiger partial charge in [0.2, 0.25) is 11.9 Å². The van der Waals surface area contributed by atoms with Gasteiger partial charge in [-0.15, -0.1) is 0 Å². The van der Waals surface area contributed by atoms with Crippen LogP contribution in [0.25, 0.3) is 11.2 Å². The fourth-order valence-corrected chi connectivity index (χ4v) is 3.98. The van der Waals surface area contributed by atoms with Crippen LogP contribution in [-0.4, -0.2) is 76.3 Å². The number of carboxylic acids is 1. The number of ether oxygens (including phenoxy) is 1. The Kier molecular flexibility index (Phi) is 7.79. The number of carbonyl (C=O) groups excluding carboxylic acids is 1. The van der Waals surface area contributed by atoms with Crippen LogP contribution in [0.5, 0.6) is 0 Å². The van der Waals surface area contributed by atoms with E-state index in [9.17, 15) is 34.8 Å². The number of anilines is 1. The molecule has 13 heteroatoms. The van der Waals surface area contributed by atoms with Gasteiger partial charge in [-0.1, -0.05) is 19.8 Å². The molecule has 33 heavy (non-hydrogen) atoms. The lowest BCUT2D eigenvalue weighted by atomic mass is 9.96. The third-order valence-electron chi connectivity index (χ3n) is 5.86. The molecule has 0 bridgehead atoms. The highest BCUT2D eigenvalue weighted by Crippen LogP contribution is 2.31. The van der Waals surface area contributed by atoms with Gasteiger partial charge in [-0.3, -0.25) is 19.0 Å². The van der Waals surface area contributed by atoms with E-state index in [-0.39, 0.29) is 24.0 Å². The Morgan fingerprint density at radius 3 is 2.55 bits per heavy atom. The number of imidazole rings is 1. The van der Waals surface area contributed by atoms with Crippen LogP contribution in [0, 0.1) is 5.92 Å². The fraction of sp³-hybridized carbons (Fsp3) is 0.650. The maximum atomic E-state index is 12.9. The maximum Gasteiger partial charge on any atom is 0.306 e. The number of nitrogens with zero attached hydrogens (tertiary/aromatic N) is 4. The van der Waals surface area contributed by atoms with Crippen molar-refractivity contribution in [3.05, 3.63) is 16.7 Å². The van der Waals surface area contributed by atoms with E-state index in [0.29, 0.717) is 17.4 Å². The van der Waals surface area contributed by atoms with Gasteiger partial charge in [0.1, 0.15) is 18.3 Å². The number of aliphatic carboxylic acids is 1. The normalized spacial score (nSPS) is 23.8. The number of fused-ring (bicyclic) bond motifs is 1. The lowest BCUT2D eigenvalue weighted by molar-refractivity contribution is -0.142. The monoisotopic (exact) mass is 467 g/mol. The molecular formula is C20H29N5O8. The van der Waals surface area contributed by atoms with Gasteiger partial charge in [-0.2, -0.15) is 4.98 Å². The molecule has 0 radical (unpaired) electrons. The highest BCUT2D eigenvalue weighted by atomic mass is 16.6. The molecule has 3 heterocycles. The number of aromatic nitrogens is 4. The fourth-order valence-electron chi connectivity index (χ4n) is 3.98. The standard InChI is InChI=1S/C20H29N5O8/c1-2-3-5-10(19(31)32)6-4-7-12(27)25-17(30)13-16(23-20(25)21)24(9-22-13)18-15(29)14(28)11(8-26)33-18/h9-11,14-15,18,26,28-29H,2-8H2,1H3,(H2,21,23)(H,31,32)/t10?,11-,14-,15-,18-/m1/s1. The van der Waals surface area contributed by atoms with Crippen molar-refractivity contribution in [2.75, 3.05) is 12.3 Å². The van der Waals surface area contributed by atoms with E-state index in [1.807, 2.05) is 6.92 Å². The second-order valence-corrected chi connectivity index (χ2v) is 8.13. The molecule has 2 aromatic rings. The van der Waals surface area contributed by atoms with Crippen molar-refractivity contribution in [1.82, 2.24) is 19.1 Å². The van der Waals surface area contributed by atoms with E-state index in [4.69, 9.17) is 10.5 Å². The number of nitrogen functional groups attached to an aromatic ring is 1. The van der Waals surface area contributed by atoms with E-state index >= 15 is 0 Å². The molecule has 3 rings (SSSR count). The number of unbranched alkanes of at least 4 members (excludes halogenated alkanes) is 1. The Morgan fingerprint density at radius 2 is 1.94 bits per heavy atom. The number of rotatable bonds is 10. The summed E-state index contributed by atoms with van der Waals surface area (Å²) in [6.07, 6.45) is -1.18. The van der Waals surface area contributed by atoms with Crippen LogP contribution in [0.2, 0.25) is 0 Å². The summed E-state index contributed by atoms with van der Waals surface area (Å²) in [6, 6.07) is 0. The minimum Gasteiger partial charge on any atom is -0.481 e. The van der Waals surface area contributed by atoms with E-state index in [2.05, 4.69) is 9.97 Å². The lowest BCUT2D eigenvalue weighted by Crippen LogP contribution is -2.33. The molecule has 0 aromatic carbocycles. The first-order chi connectivity index (χ1) is 15.7. The summed E-state index contributed by atoms with van der Waals surface area (Å²) in [5, 5.41) is 38.8. The van der Waals surface area contributed by atoms with Crippen LogP contribution < -0.4 is 11.3 Å². The van der Waals surface area contributed by atoms with Gasteiger partial charge < -0.3 is 30.9 Å². The highest BCUT2D eigenvalue weighted by Gasteiger charge is 2.44. The summed E-state index contributed by atoms with van der Waals surface area (Å²) in [5.41, 5.74) is 4.82. The predicted molar refractivity (Wildman–Crippen MR) is 114 cm³/mol. The lowest BCUT2D eigenvalue weighted by Gasteiger charge is -2.17. The minimum atomic E-state index is -1.42. The molecule has 1 aliphatic rings. The zero-order valence-corrected chi connectivity index (χ0v) is 18.2. The highest BCUT2D eigenvalue weighted by molar-refractivity contribution is 5.84. The zero-order valence-electron chi connectivity index (χ0n) is 18.2. The molecule has 1 unspecified atom stereocenters. The van der Waals surface area contributed by atoms with Crippen LogP contribution in [0.4, 0.5) is 5.95 Å². The molecule has 2 aromatic heterocycles. The smallest absolute Gasteiger partial charge is 0.306 e. The van der Waals surface area contributed by atoms with Gasteiger partial charge in [0.25, 0.3) is 5.56 Å². The average molecular weight is 467 g/mol. The number of hydrogen-bond donors (Lipinski definition) is 5. The summed E-state index contributed by atoms with van der Waals surface area (Å²) in [5.74, 6) is -2.49. The Balaban J connectivity index is 1.80. The molecule has 0 saturated carbocycles. The zero-order chi connectivity index (χ0) is 24.3. The molecule has 0 aliphatic carbocycles. The SMILES string of the molecule is CCCCC(CCCC(=O)n1c(N)nc2c(ncn2[C@@H]2O[C@H](CO)[C@@H](O)[C@H]2O)c1=O)C(=O)O. The summed E-state index contributed by atoms with van der Waals surface area (Å²) in [7, 11) is 0. The molecule has 1 fully saturated rings. The van der Waals surface area contributed by atoms with Crippen LogP contribution in [0.15, 0.2) is 11.1 Å². The first-order valence-electron chi connectivity index (χ1n) is 10.8. The van der Waals surface area contributed by atoms with Crippen molar-refractivity contribution in [2.24, 2.45) is 5.92 Å². The van der Waals surface area contributed by atoms with Gasteiger partial charge in [0, 0.05) is 6.42 Å². The number of carbonyl (C=O) groups is 2. The van der Waals surface area contributed by atoms with E-state index < -0.39 is 60.4 Å². The maximum absolute atomic E-state index is 12.9. The Bertz CT molecular complexity index is 1070. The Hall–Kier alpha value is -2.87. The third kappa shape index (κ3) is 4.90. The third-order valence-corrected chi connectivity index (χ3v) is 5.86. The van der Waals surface area contributed by atoms with Crippen molar-refractivity contribution in [3.8, 4) is 0 Å². The van der Waals surface area contributed by atoms with Gasteiger partial charge in [0.15, 0.2) is 17.4 Å². The molecule has 1 aliphatic heterocycles. The topological polar surface area (TPSA) is 203 Å². The number of aliphatic hydroxyl groups is 3. The molecule has 6 N–H and O–H groups in total. The van der Waals surface area contributed by atoms with Crippen LogP contribution >= 0.6 is 0 Å². The number of aliphatic hydroxyl groups excluding tert-OH is 3. The van der Waals surface area contributed by atoms with Crippen LogP contribution in [-0.2, 0) is 9.53 Å². The molecule has 1 saturated heterocycles. The van der Waals surface area contributed by atoms with E-state index in [1.165, 1.54) is 10.9 Å². The second kappa shape index (κ2) is 10.4. The van der Waals surface area contributed by atoms with Gasteiger partial charge in [-0.05, 0) is 19.3 Å². The summed E-state index contributed by atoms with van der Waals surface area (Å²) in [6.45, 7) is 1.44. The molecule has 13 nitrogen and oxygen atoms in total. The van der Waals surface area contributed by atoms with Crippen molar-refractivity contribution in [1.29, 1.82) is 0 Å². The molecule has 182 valence electrons. The van der Waals surface area contributed by atoms with Crippen molar-refractivity contribution >= 4 is 29.0 Å². The van der Waals surface area contributed by atoms with Crippen LogP contribution in [0.1, 0.15) is 56.5 Å². The molecule has 0 amide bonds. The molecule has 0 spiro atoms. The van der Waals surface area contributed by atoms with Crippen LogP contribution in [0.3, 0.4) is 0 Å². The number of carboxylic acid groups (broad SMARTS) is 1. The first-order valence-corrected chi connectivity index (χ1v) is 10.8. The number of hydrogen-bond acceptors (Lipinski definition) is 10. The largest absolute Gasteiger partial charge is 0.481 e. The summed E-state index contributed by atoms with van der Waals surface area (Å²) in [4.78, 5) is 45.0. The van der Waals surface area contributed by atoms with Gasteiger partial charge in [-0.25, -0.2) is 9.55 Å². The number of nitrogens with two attached hydrogens (primary N) is 1. The predicted octanol–water partition coefficient (Wildman–Crippen LogP) is -0.512. The van der Waals surface area contributed by atoms with Crippen molar-refractivity contribution in [3.63, 3.8) is 0 Å². The second-order valence-electron chi connectivity index (χ2n) is 8.13. The first kappa shape index (κ1) is 24.8. The van der Waals surface area contributed by atoms with Crippen molar-refractivity contribution < 1.29 is 34.8 Å². The van der Waals surface area contributed by atoms with E-state index in [0.717, 1.165) is 12.8 Å². The molecular weight excluding hydrogens is 438 g/mol. The van der Waals surface area contributed by atoms with Crippen molar-refractivity contribution in [2.45, 2.75) is 70.0 Å². The minimum absolute atomic E-state index is 0.0538. The quantitative estimate of drug-likeness (QED) is 0.301. The average Bonchev–Trinajstić information content (AvgIpc) is 3.31. The van der Waals surface area contributed by atoms with Gasteiger partial charge >= 0.3 is 5.97 Å². The van der Waals surface area contributed by atoms with Gasteiger partial charge in [0.05, 0.1) is 18.9 Å². The Morgan fingerprint density at radius 1 is 1.24 bits per heavy atom. The molecule has 5 atom stereocenters. The Labute approximate surface area is 188 Å². The summed E-state index contributed by atoms with van der Waals surface area (Å²) < 4.78 is 7.33. The van der Waals surface area contributed by atoms with E-state index in [1.54, 1.807) is 0 Å². The summed E-state index contributed by atoms with van der Waals surface area (Å²) >= 11 is 0.